The van der Waals surface area contributed by atoms with Gasteiger partial charge in [-0.15, -0.1) is 6.58 Å². The predicted octanol–water partition coefficient (Wildman–Crippen LogP) is 6.08. The van der Waals surface area contributed by atoms with Gasteiger partial charge in [0.1, 0.15) is 40.8 Å². The van der Waals surface area contributed by atoms with Crippen LogP contribution in [0.25, 0.3) is 22.2 Å². The van der Waals surface area contributed by atoms with E-state index in [4.69, 9.17) is 19.2 Å². The Morgan fingerprint density at radius 2 is 1.66 bits per heavy atom. The second-order valence-corrected chi connectivity index (χ2v) is 17.0. The van der Waals surface area contributed by atoms with E-state index in [-0.39, 0.29) is 18.9 Å². The van der Waals surface area contributed by atoms with E-state index in [9.17, 15) is 19.2 Å². The summed E-state index contributed by atoms with van der Waals surface area (Å²) >= 11 is 0. The van der Waals surface area contributed by atoms with E-state index in [1.54, 1.807) is 34.0 Å². The zero-order chi connectivity index (χ0) is 41.8. The zero-order valence-corrected chi connectivity index (χ0v) is 34.3. The molecule has 1 aromatic heterocycles. The van der Waals surface area contributed by atoms with Crippen molar-refractivity contribution in [1.82, 2.24) is 31.4 Å². The van der Waals surface area contributed by atoms with E-state index in [1.165, 1.54) is 4.90 Å². The number of nitrogens with zero attached hydrogens (tertiary/aromatic N) is 2. The smallest absolute Gasteiger partial charge is 0.408 e. The Morgan fingerprint density at radius 3 is 2.28 bits per heavy atom. The fraction of sp³-hybridized carbons (Fsp3) is 0.400. The minimum atomic E-state index is -1.28. The van der Waals surface area contributed by atoms with Crippen molar-refractivity contribution in [1.29, 1.82) is 0 Å². The van der Waals surface area contributed by atoms with Crippen molar-refractivity contribution in [2.45, 2.75) is 90.3 Å². The van der Waals surface area contributed by atoms with Crippen molar-refractivity contribution in [2.75, 3.05) is 13.7 Å². The van der Waals surface area contributed by atoms with Gasteiger partial charge in [0.25, 0.3) is 5.91 Å². The number of nitrogens with one attached hydrogen (secondary N) is 4. The number of aromatic nitrogens is 1. The Hall–Kier alpha value is -5.95. The van der Waals surface area contributed by atoms with Crippen LogP contribution in [0.3, 0.4) is 0 Å². The van der Waals surface area contributed by atoms with Gasteiger partial charge in [-0.05, 0) is 50.3 Å². The van der Waals surface area contributed by atoms with Gasteiger partial charge in [0.05, 0.1) is 24.9 Å². The lowest BCUT2D eigenvalue weighted by Crippen LogP contribution is -2.60. The van der Waals surface area contributed by atoms with Gasteiger partial charge >= 0.3 is 6.09 Å². The average Bonchev–Trinajstić information content (AvgIpc) is 3.74. The Kier molecular flexibility index (Phi) is 12.1. The van der Waals surface area contributed by atoms with Gasteiger partial charge in [0.2, 0.25) is 11.8 Å². The number of carbonyl (C=O) groups excluding carboxylic acids is 4. The zero-order valence-electron chi connectivity index (χ0n) is 34.3. The number of pyridine rings is 1. The van der Waals surface area contributed by atoms with Gasteiger partial charge in [0, 0.05) is 42.0 Å². The van der Waals surface area contributed by atoms with Gasteiger partial charge in [-0.3, -0.25) is 19.8 Å². The maximum atomic E-state index is 14.7. The molecule has 13 nitrogen and oxygen atoms in total. The number of benzene rings is 3. The number of methoxy groups -OCH3 is 1. The van der Waals surface area contributed by atoms with Crippen molar-refractivity contribution in [2.24, 2.45) is 11.3 Å². The quantitative estimate of drug-likeness (QED) is 0.0930. The molecule has 2 fully saturated rings. The van der Waals surface area contributed by atoms with Crippen molar-refractivity contribution >= 4 is 34.7 Å². The molecule has 0 bridgehead atoms. The summed E-state index contributed by atoms with van der Waals surface area (Å²) in [5.74, 6) is -0.628. The Labute approximate surface area is 339 Å². The highest BCUT2D eigenvalue weighted by molar-refractivity contribution is 5.98. The normalized spacial score (nSPS) is 20.7. The first-order chi connectivity index (χ1) is 27.5. The van der Waals surface area contributed by atoms with Crippen molar-refractivity contribution < 1.29 is 33.4 Å². The minimum Gasteiger partial charge on any atom is -0.497 e. The molecule has 2 heterocycles. The van der Waals surface area contributed by atoms with E-state index in [0.717, 1.165) is 16.5 Å². The third-order valence-electron chi connectivity index (χ3n) is 10.4. The van der Waals surface area contributed by atoms with Crippen LogP contribution in [0.1, 0.15) is 59.9 Å². The SMILES string of the molecule is C=C[C@@H]1C[C@]1(NC(=O)[C@@H]1C[C@@H](Oc2cc(-c3ccccc3)nc3cc(OC)ccc23)CN1C(=O)[C@@H](NC(=O)OC(C)(C)C)C(C)(C)C)C(=O)NNCc1ccccc1. The molecule has 58 heavy (non-hydrogen) atoms. The molecule has 1 aliphatic carbocycles. The number of hydrogen-bond donors (Lipinski definition) is 4. The average molecular weight is 791 g/mol. The molecule has 0 radical (unpaired) electrons. The number of hydrazine groups is 1. The number of rotatable bonds is 13. The molecule has 4 N–H and O–H groups in total. The minimum absolute atomic E-state index is 0.0167. The molecule has 2 aliphatic rings. The lowest BCUT2D eigenvalue weighted by atomic mass is 9.85. The maximum Gasteiger partial charge on any atom is 0.408 e. The fourth-order valence-corrected chi connectivity index (χ4v) is 7.22. The Bertz CT molecular complexity index is 2150. The Balaban J connectivity index is 1.31. The maximum absolute atomic E-state index is 14.7. The van der Waals surface area contributed by atoms with E-state index in [2.05, 4.69) is 28.1 Å². The second kappa shape index (κ2) is 16.9. The molecule has 1 aliphatic heterocycles. The number of amides is 4. The molecular formula is C45H54N6O7. The summed E-state index contributed by atoms with van der Waals surface area (Å²) in [7, 11) is 1.59. The molecule has 3 aromatic carbocycles. The lowest BCUT2D eigenvalue weighted by Gasteiger charge is -2.36. The second-order valence-electron chi connectivity index (χ2n) is 17.0. The number of carbonyl (C=O) groups is 4. The van der Waals surface area contributed by atoms with E-state index in [0.29, 0.717) is 35.7 Å². The summed E-state index contributed by atoms with van der Waals surface area (Å²) in [5, 5.41) is 6.50. The molecule has 4 aromatic rings. The van der Waals surface area contributed by atoms with Crippen molar-refractivity contribution in [3.63, 3.8) is 0 Å². The summed E-state index contributed by atoms with van der Waals surface area (Å²) in [6, 6.07) is 24.5. The fourth-order valence-electron chi connectivity index (χ4n) is 7.22. The van der Waals surface area contributed by atoms with E-state index in [1.807, 2.05) is 106 Å². The van der Waals surface area contributed by atoms with E-state index < -0.39 is 58.6 Å². The van der Waals surface area contributed by atoms with Crippen LogP contribution < -0.4 is 31.0 Å². The van der Waals surface area contributed by atoms with Gasteiger partial charge in [-0.25, -0.2) is 15.2 Å². The molecule has 13 heteroatoms. The third kappa shape index (κ3) is 9.59. The standard InChI is InChI=1S/C45H54N6O7/c1-9-30-25-45(30,41(54)50-46-26-28-16-12-10-13-17-28)49-39(52)36-23-32(27-51(36)40(53)38(43(2,3)4)48-42(55)58-44(5,6)7)57-37-24-34(29-18-14-11-15-19-29)47-35-22-31(56-8)20-21-33(35)37/h9-22,24,30,32,36,38,46H,1,23,25-27H2,2-8H3,(H,48,55)(H,49,52)(H,50,54)/t30-,32-,36+,38-,45-/m1/s1. The van der Waals surface area contributed by atoms with Gasteiger partial charge in [-0.1, -0.05) is 87.5 Å². The highest BCUT2D eigenvalue weighted by Crippen LogP contribution is 2.45. The van der Waals surface area contributed by atoms with Crippen LogP contribution in [-0.4, -0.2) is 76.7 Å². The highest BCUT2D eigenvalue weighted by atomic mass is 16.6. The van der Waals surface area contributed by atoms with Crippen LogP contribution in [-0.2, 0) is 25.7 Å². The molecule has 0 spiro atoms. The van der Waals surface area contributed by atoms with Crippen LogP contribution >= 0.6 is 0 Å². The molecular weight excluding hydrogens is 737 g/mol. The first kappa shape index (κ1) is 41.7. The predicted molar refractivity (Wildman–Crippen MR) is 221 cm³/mol. The van der Waals surface area contributed by atoms with Crippen molar-refractivity contribution in [3.05, 3.63) is 103 Å². The van der Waals surface area contributed by atoms with Crippen LogP contribution in [0.2, 0.25) is 0 Å². The molecule has 1 saturated heterocycles. The van der Waals surface area contributed by atoms with Crippen molar-refractivity contribution in [3.8, 4) is 22.8 Å². The monoisotopic (exact) mass is 790 g/mol. The summed E-state index contributed by atoms with van der Waals surface area (Å²) in [6.45, 7) is 15.0. The number of hydrogen-bond acceptors (Lipinski definition) is 9. The summed E-state index contributed by atoms with van der Waals surface area (Å²) in [4.78, 5) is 62.5. The summed E-state index contributed by atoms with van der Waals surface area (Å²) in [6.07, 6.45) is 0.663. The number of ether oxygens (including phenoxy) is 3. The lowest BCUT2D eigenvalue weighted by molar-refractivity contribution is -0.143. The third-order valence-corrected chi connectivity index (χ3v) is 10.4. The largest absolute Gasteiger partial charge is 0.497 e. The number of fused-ring (bicyclic) bond motifs is 1. The van der Waals surface area contributed by atoms with Gasteiger partial charge in [0.15, 0.2) is 0 Å². The highest BCUT2D eigenvalue weighted by Gasteiger charge is 2.61. The number of likely N-dealkylation sites (tertiary alicyclic amines) is 1. The topological polar surface area (TPSA) is 160 Å². The number of alkyl carbamates (subject to hydrolysis) is 1. The molecule has 1 saturated carbocycles. The Morgan fingerprint density at radius 1 is 0.966 bits per heavy atom. The van der Waals surface area contributed by atoms with Crippen LogP contribution in [0, 0.1) is 11.3 Å². The molecule has 5 atom stereocenters. The van der Waals surface area contributed by atoms with E-state index >= 15 is 0 Å². The molecule has 4 amide bonds. The summed E-state index contributed by atoms with van der Waals surface area (Å²) < 4.78 is 17.8. The van der Waals surface area contributed by atoms with Crippen LogP contribution in [0.4, 0.5) is 4.79 Å². The summed E-state index contributed by atoms with van der Waals surface area (Å²) in [5.41, 5.74) is 6.01. The van der Waals surface area contributed by atoms with Gasteiger partial charge < -0.3 is 29.7 Å². The van der Waals surface area contributed by atoms with Crippen LogP contribution in [0.5, 0.6) is 11.5 Å². The molecule has 6 rings (SSSR count). The molecule has 306 valence electrons. The first-order valence-corrected chi connectivity index (χ1v) is 19.5. The molecule has 0 unspecified atom stereocenters. The first-order valence-electron chi connectivity index (χ1n) is 19.5. The van der Waals surface area contributed by atoms with Gasteiger partial charge in [-0.2, -0.15) is 0 Å². The van der Waals surface area contributed by atoms with Crippen LogP contribution in [0.15, 0.2) is 97.6 Å².